The van der Waals surface area contributed by atoms with Crippen LogP contribution in [0.25, 0.3) is 0 Å². The van der Waals surface area contributed by atoms with Gasteiger partial charge in [0.05, 0.1) is 0 Å². The number of hydrogen-bond donors (Lipinski definition) is 1. The molecule has 1 N–H and O–H groups in total. The summed E-state index contributed by atoms with van der Waals surface area (Å²) in [6.07, 6.45) is 0.569. The highest BCUT2D eigenvalue weighted by Crippen LogP contribution is 2.16. The van der Waals surface area contributed by atoms with Gasteiger partial charge in [-0.1, -0.05) is 24.6 Å². The third-order valence-electron chi connectivity index (χ3n) is 4.21. The van der Waals surface area contributed by atoms with Gasteiger partial charge < -0.3 is 15.1 Å². The number of carbonyl (C=O) groups is 1. The van der Waals surface area contributed by atoms with Gasteiger partial charge in [-0.3, -0.25) is 4.79 Å². The van der Waals surface area contributed by atoms with Crippen LogP contribution in [0.5, 0.6) is 0 Å². The number of anilines is 1. The number of likely N-dealkylation sites (N-methyl/N-ethyl adjacent to an activating group) is 1. The minimum atomic E-state index is 0.267. The summed E-state index contributed by atoms with van der Waals surface area (Å²) in [6.45, 7) is 11.9. The highest BCUT2D eigenvalue weighted by molar-refractivity contribution is 5.77. The van der Waals surface area contributed by atoms with Gasteiger partial charge in [0.1, 0.15) is 0 Å². The fourth-order valence-electron chi connectivity index (χ4n) is 2.79. The standard InChI is InChI=1S/C17H27N3O/c1-4-19-9-11-20(12-10-19)17(21)7-8-18-16-6-5-14(2)13-15(16)3/h5-6,13,18H,4,7-12H2,1-3H3. The first-order chi connectivity index (χ1) is 10.1. The summed E-state index contributed by atoms with van der Waals surface area (Å²) < 4.78 is 0. The average molecular weight is 289 g/mol. The summed E-state index contributed by atoms with van der Waals surface area (Å²) in [4.78, 5) is 16.6. The van der Waals surface area contributed by atoms with E-state index < -0.39 is 0 Å². The molecule has 1 amide bonds. The number of aryl methyl sites for hydroxylation is 2. The average Bonchev–Trinajstić information content (AvgIpc) is 2.49. The van der Waals surface area contributed by atoms with Crippen molar-refractivity contribution in [3.8, 4) is 0 Å². The second-order valence-electron chi connectivity index (χ2n) is 5.81. The van der Waals surface area contributed by atoms with Gasteiger partial charge in [0.25, 0.3) is 0 Å². The molecule has 2 rings (SSSR count). The maximum atomic E-state index is 12.2. The molecule has 1 aromatic rings. The Kier molecular flexibility index (Phi) is 5.62. The van der Waals surface area contributed by atoms with Crippen LogP contribution < -0.4 is 5.32 Å². The number of carbonyl (C=O) groups excluding carboxylic acids is 1. The number of rotatable bonds is 5. The smallest absolute Gasteiger partial charge is 0.224 e. The van der Waals surface area contributed by atoms with Crippen molar-refractivity contribution >= 4 is 11.6 Å². The highest BCUT2D eigenvalue weighted by atomic mass is 16.2. The number of amides is 1. The predicted octanol–water partition coefficient (Wildman–Crippen LogP) is 2.27. The SMILES string of the molecule is CCN1CCN(C(=O)CCNc2ccc(C)cc2C)CC1. The van der Waals surface area contributed by atoms with E-state index in [1.807, 2.05) is 4.90 Å². The van der Waals surface area contributed by atoms with Crippen LogP contribution in [0, 0.1) is 13.8 Å². The van der Waals surface area contributed by atoms with Gasteiger partial charge in [0, 0.05) is 44.8 Å². The summed E-state index contributed by atoms with van der Waals surface area (Å²) in [5.41, 5.74) is 3.63. The molecule has 0 aliphatic carbocycles. The van der Waals surface area contributed by atoms with E-state index in [2.05, 4.69) is 49.2 Å². The van der Waals surface area contributed by atoms with Crippen LogP contribution >= 0.6 is 0 Å². The van der Waals surface area contributed by atoms with Crippen molar-refractivity contribution in [2.45, 2.75) is 27.2 Å². The number of benzene rings is 1. The van der Waals surface area contributed by atoms with E-state index >= 15 is 0 Å². The van der Waals surface area contributed by atoms with Gasteiger partial charge >= 0.3 is 0 Å². The van der Waals surface area contributed by atoms with Gasteiger partial charge in [-0.05, 0) is 32.0 Å². The van der Waals surface area contributed by atoms with E-state index in [0.29, 0.717) is 13.0 Å². The molecule has 1 aliphatic rings. The van der Waals surface area contributed by atoms with Gasteiger partial charge in [-0.2, -0.15) is 0 Å². The Labute approximate surface area is 128 Å². The van der Waals surface area contributed by atoms with Gasteiger partial charge in [0.15, 0.2) is 0 Å². The van der Waals surface area contributed by atoms with Gasteiger partial charge in [-0.15, -0.1) is 0 Å². The van der Waals surface area contributed by atoms with Crippen molar-refractivity contribution in [2.24, 2.45) is 0 Å². The molecular weight excluding hydrogens is 262 g/mol. The Morgan fingerprint density at radius 1 is 1.19 bits per heavy atom. The molecule has 1 fully saturated rings. The fraction of sp³-hybridized carbons (Fsp3) is 0.588. The molecule has 21 heavy (non-hydrogen) atoms. The van der Waals surface area contributed by atoms with Crippen molar-refractivity contribution in [3.63, 3.8) is 0 Å². The van der Waals surface area contributed by atoms with Gasteiger partial charge in [-0.25, -0.2) is 0 Å². The third-order valence-corrected chi connectivity index (χ3v) is 4.21. The van der Waals surface area contributed by atoms with Crippen LogP contribution in [-0.4, -0.2) is 55.0 Å². The first-order valence-corrected chi connectivity index (χ1v) is 7.91. The lowest BCUT2D eigenvalue weighted by Crippen LogP contribution is -2.48. The lowest BCUT2D eigenvalue weighted by atomic mass is 10.1. The second-order valence-corrected chi connectivity index (χ2v) is 5.81. The Morgan fingerprint density at radius 2 is 1.90 bits per heavy atom. The summed E-state index contributed by atoms with van der Waals surface area (Å²) in [5.74, 6) is 0.267. The van der Waals surface area contributed by atoms with E-state index in [9.17, 15) is 4.79 Å². The second kappa shape index (κ2) is 7.46. The maximum absolute atomic E-state index is 12.2. The Balaban J connectivity index is 1.74. The highest BCUT2D eigenvalue weighted by Gasteiger charge is 2.19. The third kappa shape index (κ3) is 4.46. The number of nitrogens with zero attached hydrogens (tertiary/aromatic N) is 2. The fourth-order valence-corrected chi connectivity index (χ4v) is 2.79. The van der Waals surface area contributed by atoms with Crippen molar-refractivity contribution in [1.82, 2.24) is 9.80 Å². The zero-order valence-corrected chi connectivity index (χ0v) is 13.5. The van der Waals surface area contributed by atoms with Crippen molar-refractivity contribution < 1.29 is 4.79 Å². The maximum Gasteiger partial charge on any atom is 0.224 e. The molecule has 1 aliphatic heterocycles. The largest absolute Gasteiger partial charge is 0.384 e. The summed E-state index contributed by atoms with van der Waals surface area (Å²) in [6, 6.07) is 6.35. The lowest BCUT2D eigenvalue weighted by molar-refractivity contribution is -0.132. The minimum Gasteiger partial charge on any atom is -0.384 e. The van der Waals surface area contributed by atoms with E-state index in [1.165, 1.54) is 11.1 Å². The van der Waals surface area contributed by atoms with Crippen molar-refractivity contribution in [3.05, 3.63) is 29.3 Å². The Hall–Kier alpha value is -1.55. The molecule has 0 bridgehead atoms. The van der Waals surface area contributed by atoms with E-state index in [4.69, 9.17) is 0 Å². The first kappa shape index (κ1) is 15.8. The normalized spacial score (nSPS) is 16.0. The van der Waals surface area contributed by atoms with E-state index in [0.717, 1.165) is 38.4 Å². The minimum absolute atomic E-state index is 0.267. The molecule has 0 saturated carbocycles. The van der Waals surface area contributed by atoms with Crippen LogP contribution in [0.1, 0.15) is 24.5 Å². The molecule has 0 aromatic heterocycles. The zero-order chi connectivity index (χ0) is 15.2. The lowest BCUT2D eigenvalue weighted by Gasteiger charge is -2.34. The molecule has 1 heterocycles. The molecule has 0 spiro atoms. The summed E-state index contributed by atoms with van der Waals surface area (Å²) in [5, 5.41) is 3.37. The monoisotopic (exact) mass is 289 g/mol. The Bertz CT molecular complexity index is 479. The van der Waals surface area contributed by atoms with Crippen molar-refractivity contribution in [1.29, 1.82) is 0 Å². The molecule has 0 radical (unpaired) electrons. The molecule has 0 atom stereocenters. The van der Waals surface area contributed by atoms with Crippen LogP contribution in [0.15, 0.2) is 18.2 Å². The molecule has 1 aromatic carbocycles. The molecule has 1 saturated heterocycles. The van der Waals surface area contributed by atoms with E-state index in [1.54, 1.807) is 0 Å². The number of hydrogen-bond acceptors (Lipinski definition) is 3. The molecule has 4 heteroatoms. The first-order valence-electron chi connectivity index (χ1n) is 7.91. The van der Waals surface area contributed by atoms with Crippen LogP contribution in [-0.2, 0) is 4.79 Å². The number of nitrogens with one attached hydrogen (secondary N) is 1. The topological polar surface area (TPSA) is 35.6 Å². The number of piperazine rings is 1. The Morgan fingerprint density at radius 3 is 2.52 bits per heavy atom. The molecule has 116 valence electrons. The van der Waals surface area contributed by atoms with Crippen LogP contribution in [0.4, 0.5) is 5.69 Å². The van der Waals surface area contributed by atoms with E-state index in [-0.39, 0.29) is 5.91 Å². The summed E-state index contributed by atoms with van der Waals surface area (Å²) >= 11 is 0. The quantitative estimate of drug-likeness (QED) is 0.903. The molecule has 4 nitrogen and oxygen atoms in total. The van der Waals surface area contributed by atoms with Crippen LogP contribution in [0.3, 0.4) is 0 Å². The molecular formula is C17H27N3O. The summed E-state index contributed by atoms with van der Waals surface area (Å²) in [7, 11) is 0. The van der Waals surface area contributed by atoms with Gasteiger partial charge in [0.2, 0.25) is 5.91 Å². The zero-order valence-electron chi connectivity index (χ0n) is 13.5. The molecule has 0 unspecified atom stereocenters. The van der Waals surface area contributed by atoms with Crippen LogP contribution in [0.2, 0.25) is 0 Å². The van der Waals surface area contributed by atoms with Crippen molar-refractivity contribution in [2.75, 3.05) is 44.6 Å². The predicted molar refractivity (Wildman–Crippen MR) is 87.7 cm³/mol.